The SMILES string of the molecule is COc1ccc(NC(=O)c2nnc(CN3CCCCC3C)s2)cc1. The van der Waals surface area contributed by atoms with Crippen LogP contribution >= 0.6 is 11.3 Å². The molecule has 0 spiro atoms. The quantitative estimate of drug-likeness (QED) is 0.901. The summed E-state index contributed by atoms with van der Waals surface area (Å²) in [6.07, 6.45) is 3.75. The average Bonchev–Trinajstić information content (AvgIpc) is 3.06. The molecule has 2 aromatic rings. The van der Waals surface area contributed by atoms with E-state index in [2.05, 4.69) is 27.3 Å². The summed E-state index contributed by atoms with van der Waals surface area (Å²) in [5.74, 6) is 0.525. The number of carbonyl (C=O) groups is 1. The van der Waals surface area contributed by atoms with Gasteiger partial charge in [0, 0.05) is 11.7 Å². The van der Waals surface area contributed by atoms with Gasteiger partial charge in [-0.25, -0.2) is 0 Å². The van der Waals surface area contributed by atoms with Gasteiger partial charge in [-0.15, -0.1) is 10.2 Å². The van der Waals surface area contributed by atoms with Crippen molar-refractivity contribution in [1.29, 1.82) is 0 Å². The molecule has 128 valence electrons. The molecule has 1 amide bonds. The Bertz CT molecular complexity index is 686. The Morgan fingerprint density at radius 1 is 1.33 bits per heavy atom. The van der Waals surface area contributed by atoms with E-state index in [1.54, 1.807) is 31.4 Å². The van der Waals surface area contributed by atoms with E-state index in [0.717, 1.165) is 23.8 Å². The summed E-state index contributed by atoms with van der Waals surface area (Å²) < 4.78 is 5.11. The van der Waals surface area contributed by atoms with Crippen molar-refractivity contribution in [2.24, 2.45) is 0 Å². The fraction of sp³-hybridized carbons (Fsp3) is 0.471. The lowest BCUT2D eigenvalue weighted by Crippen LogP contribution is -2.36. The van der Waals surface area contributed by atoms with Crippen molar-refractivity contribution in [3.8, 4) is 5.75 Å². The number of anilines is 1. The molecule has 1 aliphatic rings. The molecule has 0 bridgehead atoms. The van der Waals surface area contributed by atoms with Gasteiger partial charge >= 0.3 is 0 Å². The summed E-state index contributed by atoms with van der Waals surface area (Å²) in [7, 11) is 1.61. The molecule has 1 aromatic heterocycles. The smallest absolute Gasteiger partial charge is 0.286 e. The predicted molar refractivity (Wildman–Crippen MR) is 94.6 cm³/mol. The minimum atomic E-state index is -0.226. The monoisotopic (exact) mass is 346 g/mol. The molecule has 1 N–H and O–H groups in total. The van der Waals surface area contributed by atoms with Gasteiger partial charge in [0.2, 0.25) is 5.01 Å². The van der Waals surface area contributed by atoms with Gasteiger partial charge in [0.25, 0.3) is 5.91 Å². The Morgan fingerprint density at radius 2 is 2.12 bits per heavy atom. The number of hydrogen-bond donors (Lipinski definition) is 1. The lowest BCUT2D eigenvalue weighted by molar-refractivity contribution is 0.102. The molecule has 0 radical (unpaired) electrons. The first kappa shape index (κ1) is 16.9. The first-order valence-electron chi connectivity index (χ1n) is 8.17. The van der Waals surface area contributed by atoms with Crippen molar-refractivity contribution in [3.63, 3.8) is 0 Å². The van der Waals surface area contributed by atoms with Crippen molar-refractivity contribution < 1.29 is 9.53 Å². The number of amides is 1. The van der Waals surface area contributed by atoms with E-state index >= 15 is 0 Å². The topological polar surface area (TPSA) is 67.3 Å². The molecule has 1 atom stereocenters. The molecule has 1 aromatic carbocycles. The fourth-order valence-corrected chi connectivity index (χ4v) is 3.59. The van der Waals surface area contributed by atoms with Crippen molar-refractivity contribution in [2.75, 3.05) is 19.0 Å². The molecule has 24 heavy (non-hydrogen) atoms. The van der Waals surface area contributed by atoms with Crippen molar-refractivity contribution >= 4 is 22.9 Å². The molecule has 2 heterocycles. The van der Waals surface area contributed by atoms with Crippen LogP contribution in [0.15, 0.2) is 24.3 Å². The van der Waals surface area contributed by atoms with Gasteiger partial charge in [0.1, 0.15) is 10.8 Å². The first-order chi connectivity index (χ1) is 11.7. The number of rotatable bonds is 5. The number of benzene rings is 1. The Hall–Kier alpha value is -1.99. The highest BCUT2D eigenvalue weighted by Crippen LogP contribution is 2.21. The molecule has 1 unspecified atom stereocenters. The van der Waals surface area contributed by atoms with Crippen LogP contribution in [0, 0.1) is 0 Å². The maximum absolute atomic E-state index is 12.3. The molecule has 0 saturated carbocycles. The lowest BCUT2D eigenvalue weighted by Gasteiger charge is -2.32. The minimum absolute atomic E-state index is 0.226. The first-order valence-corrected chi connectivity index (χ1v) is 8.99. The standard InChI is InChI=1S/C17H22N4O2S/c1-12-5-3-4-10-21(12)11-15-19-20-17(24-15)16(22)18-13-6-8-14(23-2)9-7-13/h6-9,12H,3-5,10-11H2,1-2H3,(H,18,22). The largest absolute Gasteiger partial charge is 0.497 e. The van der Waals surface area contributed by atoms with Crippen LogP contribution in [0.4, 0.5) is 5.69 Å². The zero-order chi connectivity index (χ0) is 16.9. The van der Waals surface area contributed by atoms with Gasteiger partial charge in [-0.1, -0.05) is 17.8 Å². The minimum Gasteiger partial charge on any atom is -0.497 e. The van der Waals surface area contributed by atoms with E-state index in [0.29, 0.717) is 16.7 Å². The van der Waals surface area contributed by atoms with Crippen LogP contribution in [0.5, 0.6) is 5.75 Å². The summed E-state index contributed by atoms with van der Waals surface area (Å²) in [6, 6.07) is 7.78. The second-order valence-electron chi connectivity index (χ2n) is 6.00. The van der Waals surface area contributed by atoms with Crippen LogP contribution in [0.25, 0.3) is 0 Å². The van der Waals surface area contributed by atoms with Gasteiger partial charge in [-0.05, 0) is 50.6 Å². The zero-order valence-electron chi connectivity index (χ0n) is 14.0. The van der Waals surface area contributed by atoms with Gasteiger partial charge in [-0.2, -0.15) is 0 Å². The number of carbonyl (C=O) groups excluding carboxylic acids is 1. The van der Waals surface area contributed by atoms with Crippen LogP contribution in [-0.4, -0.2) is 40.7 Å². The normalized spacial score (nSPS) is 18.3. The number of likely N-dealkylation sites (tertiary alicyclic amines) is 1. The van der Waals surface area contributed by atoms with Crippen LogP contribution in [0.2, 0.25) is 0 Å². The number of aromatic nitrogens is 2. The number of hydrogen-bond acceptors (Lipinski definition) is 6. The third-order valence-electron chi connectivity index (χ3n) is 4.29. The predicted octanol–water partition coefficient (Wildman–Crippen LogP) is 3.17. The molecule has 0 aliphatic carbocycles. The third kappa shape index (κ3) is 4.10. The Balaban J connectivity index is 1.60. The second kappa shape index (κ2) is 7.72. The molecular formula is C17H22N4O2S. The number of piperidine rings is 1. The van der Waals surface area contributed by atoms with Gasteiger partial charge in [-0.3, -0.25) is 9.69 Å². The van der Waals surface area contributed by atoms with Crippen molar-refractivity contribution in [2.45, 2.75) is 38.8 Å². The molecule has 6 nitrogen and oxygen atoms in total. The fourth-order valence-electron chi connectivity index (χ4n) is 2.83. The molecular weight excluding hydrogens is 324 g/mol. The number of methoxy groups -OCH3 is 1. The summed E-state index contributed by atoms with van der Waals surface area (Å²) in [5.41, 5.74) is 0.710. The maximum atomic E-state index is 12.3. The number of nitrogens with one attached hydrogen (secondary N) is 1. The van der Waals surface area contributed by atoms with E-state index in [1.165, 1.54) is 30.6 Å². The van der Waals surface area contributed by atoms with Crippen LogP contribution in [0.1, 0.15) is 41.0 Å². The van der Waals surface area contributed by atoms with E-state index < -0.39 is 0 Å². The Kier molecular flexibility index (Phi) is 5.42. The third-order valence-corrected chi connectivity index (χ3v) is 5.19. The van der Waals surface area contributed by atoms with Crippen molar-refractivity contribution in [1.82, 2.24) is 15.1 Å². The van der Waals surface area contributed by atoms with E-state index in [4.69, 9.17) is 4.74 Å². The highest BCUT2D eigenvalue weighted by atomic mass is 32.1. The van der Waals surface area contributed by atoms with Gasteiger partial charge < -0.3 is 10.1 Å². The molecule has 7 heteroatoms. The average molecular weight is 346 g/mol. The van der Waals surface area contributed by atoms with E-state index in [-0.39, 0.29) is 5.91 Å². The van der Waals surface area contributed by atoms with Crippen molar-refractivity contribution in [3.05, 3.63) is 34.3 Å². The zero-order valence-corrected chi connectivity index (χ0v) is 14.8. The van der Waals surface area contributed by atoms with Crippen LogP contribution < -0.4 is 10.1 Å². The summed E-state index contributed by atoms with van der Waals surface area (Å²) >= 11 is 1.36. The summed E-state index contributed by atoms with van der Waals surface area (Å²) in [6.45, 7) is 4.11. The Morgan fingerprint density at radius 3 is 2.83 bits per heavy atom. The molecule has 3 rings (SSSR count). The number of nitrogens with zero attached hydrogens (tertiary/aromatic N) is 3. The Labute approximate surface area is 145 Å². The van der Waals surface area contributed by atoms with Crippen LogP contribution in [-0.2, 0) is 6.54 Å². The van der Waals surface area contributed by atoms with Gasteiger partial charge in [0.15, 0.2) is 0 Å². The summed E-state index contributed by atoms with van der Waals surface area (Å²) in [5, 5.41) is 12.3. The van der Waals surface area contributed by atoms with Gasteiger partial charge in [0.05, 0.1) is 13.7 Å². The van der Waals surface area contributed by atoms with E-state index in [9.17, 15) is 4.79 Å². The second-order valence-corrected chi connectivity index (χ2v) is 7.06. The molecule has 1 aliphatic heterocycles. The maximum Gasteiger partial charge on any atom is 0.286 e. The highest BCUT2D eigenvalue weighted by molar-refractivity contribution is 7.13. The van der Waals surface area contributed by atoms with E-state index in [1.807, 2.05) is 0 Å². The molecule has 1 fully saturated rings. The van der Waals surface area contributed by atoms with Crippen LogP contribution in [0.3, 0.4) is 0 Å². The lowest BCUT2D eigenvalue weighted by atomic mass is 10.0. The highest BCUT2D eigenvalue weighted by Gasteiger charge is 2.21. The molecule has 1 saturated heterocycles. The number of ether oxygens (including phenoxy) is 1. The summed E-state index contributed by atoms with van der Waals surface area (Å²) in [4.78, 5) is 14.7.